The number of esters is 1. The van der Waals surface area contributed by atoms with E-state index in [2.05, 4.69) is 15.3 Å². The molecule has 4 aromatic rings. The number of hydrogen-bond acceptors (Lipinski definition) is 8. The van der Waals surface area contributed by atoms with Crippen molar-refractivity contribution in [3.05, 3.63) is 62.5 Å². The molecule has 0 amide bonds. The molecule has 0 N–H and O–H groups in total. The van der Waals surface area contributed by atoms with Gasteiger partial charge in [-0.05, 0) is 23.6 Å². The fraction of sp³-hybridized carbons (Fsp3) is 0.0625. The van der Waals surface area contributed by atoms with Crippen molar-refractivity contribution in [2.45, 2.75) is 6.73 Å². The van der Waals surface area contributed by atoms with E-state index >= 15 is 0 Å². The lowest BCUT2D eigenvalue weighted by Gasteiger charge is -2.05. The molecule has 124 valence electrons. The summed E-state index contributed by atoms with van der Waals surface area (Å²) in [6.45, 7) is -0.319. The van der Waals surface area contributed by atoms with Gasteiger partial charge in [-0.2, -0.15) is 16.0 Å². The number of aromatic nitrogens is 4. The highest BCUT2D eigenvalue weighted by molar-refractivity contribution is 7.14. The van der Waals surface area contributed by atoms with E-state index in [9.17, 15) is 9.59 Å². The average molecular weight is 370 g/mol. The SMILES string of the molecule is O=C(OCn1nnc2ccccc2c1=O)c1csc(-c2ccsc2)n1. The molecule has 0 atom stereocenters. The molecule has 0 aliphatic heterocycles. The number of fused-ring (bicyclic) bond motifs is 1. The van der Waals surface area contributed by atoms with Crippen molar-refractivity contribution < 1.29 is 9.53 Å². The second-order valence-corrected chi connectivity index (χ2v) is 6.66. The summed E-state index contributed by atoms with van der Waals surface area (Å²) in [5, 5.41) is 14.4. The van der Waals surface area contributed by atoms with E-state index in [1.165, 1.54) is 11.3 Å². The van der Waals surface area contributed by atoms with Crippen LogP contribution in [0.2, 0.25) is 0 Å². The lowest BCUT2D eigenvalue weighted by molar-refractivity contribution is 0.0330. The first-order valence-electron chi connectivity index (χ1n) is 7.20. The minimum absolute atomic E-state index is 0.202. The first kappa shape index (κ1) is 15.6. The second kappa shape index (κ2) is 6.54. The average Bonchev–Trinajstić information content (AvgIpc) is 3.32. The molecule has 1 aromatic carbocycles. The van der Waals surface area contributed by atoms with Crippen LogP contribution >= 0.6 is 22.7 Å². The van der Waals surface area contributed by atoms with Crippen molar-refractivity contribution in [2.75, 3.05) is 0 Å². The minimum atomic E-state index is -0.611. The van der Waals surface area contributed by atoms with Crippen molar-refractivity contribution in [3.63, 3.8) is 0 Å². The number of benzene rings is 1. The fourth-order valence-electron chi connectivity index (χ4n) is 2.19. The van der Waals surface area contributed by atoms with Gasteiger partial charge in [-0.15, -0.1) is 16.4 Å². The van der Waals surface area contributed by atoms with Gasteiger partial charge in [-0.3, -0.25) is 4.79 Å². The quantitative estimate of drug-likeness (QED) is 0.514. The maximum Gasteiger partial charge on any atom is 0.359 e. The van der Waals surface area contributed by atoms with Gasteiger partial charge in [-0.1, -0.05) is 17.3 Å². The summed E-state index contributed by atoms with van der Waals surface area (Å²) in [5.41, 5.74) is 1.30. The molecule has 3 heterocycles. The molecule has 0 aliphatic rings. The minimum Gasteiger partial charge on any atom is -0.437 e. The Morgan fingerprint density at radius 1 is 1.20 bits per heavy atom. The zero-order chi connectivity index (χ0) is 17.2. The Balaban J connectivity index is 1.51. The summed E-state index contributed by atoms with van der Waals surface area (Å²) in [6, 6.07) is 8.79. The topological polar surface area (TPSA) is 87.0 Å². The van der Waals surface area contributed by atoms with Crippen LogP contribution in [0.3, 0.4) is 0 Å². The smallest absolute Gasteiger partial charge is 0.359 e. The predicted molar refractivity (Wildman–Crippen MR) is 94.6 cm³/mol. The summed E-state index contributed by atoms with van der Waals surface area (Å²) in [5.74, 6) is -0.611. The van der Waals surface area contributed by atoms with Crippen LogP contribution in [0.25, 0.3) is 21.5 Å². The van der Waals surface area contributed by atoms with Crippen LogP contribution in [0.15, 0.2) is 51.3 Å². The van der Waals surface area contributed by atoms with Gasteiger partial charge in [0.25, 0.3) is 5.56 Å². The molecule has 9 heteroatoms. The van der Waals surface area contributed by atoms with Gasteiger partial charge in [-0.25, -0.2) is 9.78 Å². The van der Waals surface area contributed by atoms with Crippen molar-refractivity contribution in [1.82, 2.24) is 20.0 Å². The number of hydrogen-bond donors (Lipinski definition) is 0. The van der Waals surface area contributed by atoms with Crippen LogP contribution in [0.5, 0.6) is 0 Å². The molecular formula is C16H10N4O3S2. The van der Waals surface area contributed by atoms with E-state index in [0.717, 1.165) is 15.3 Å². The first-order chi connectivity index (χ1) is 12.2. The van der Waals surface area contributed by atoms with Crippen LogP contribution in [0.4, 0.5) is 0 Å². The van der Waals surface area contributed by atoms with Gasteiger partial charge in [0, 0.05) is 16.3 Å². The normalized spacial score (nSPS) is 10.9. The van der Waals surface area contributed by atoms with Crippen LogP contribution in [0.1, 0.15) is 10.5 Å². The molecule has 0 radical (unpaired) electrons. The van der Waals surface area contributed by atoms with Gasteiger partial charge in [0.1, 0.15) is 10.5 Å². The van der Waals surface area contributed by atoms with E-state index in [-0.39, 0.29) is 18.0 Å². The third kappa shape index (κ3) is 3.06. The van der Waals surface area contributed by atoms with Crippen molar-refractivity contribution in [3.8, 4) is 10.6 Å². The molecule has 0 bridgehead atoms. The maximum absolute atomic E-state index is 12.3. The Bertz CT molecular complexity index is 1100. The summed E-state index contributed by atoms with van der Waals surface area (Å²) < 4.78 is 6.15. The monoisotopic (exact) mass is 370 g/mol. The summed E-state index contributed by atoms with van der Waals surface area (Å²) in [7, 11) is 0. The highest BCUT2D eigenvalue weighted by Crippen LogP contribution is 2.25. The third-order valence-electron chi connectivity index (χ3n) is 3.43. The first-order valence-corrected chi connectivity index (χ1v) is 9.02. The molecule has 0 fully saturated rings. The Morgan fingerprint density at radius 3 is 2.92 bits per heavy atom. The number of rotatable bonds is 4. The zero-order valence-electron chi connectivity index (χ0n) is 12.7. The predicted octanol–water partition coefficient (Wildman–Crippen LogP) is 2.79. The number of thiophene rings is 1. The van der Waals surface area contributed by atoms with Gasteiger partial charge in [0.15, 0.2) is 12.4 Å². The highest BCUT2D eigenvalue weighted by Gasteiger charge is 2.14. The fourth-order valence-corrected chi connectivity index (χ4v) is 3.69. The van der Waals surface area contributed by atoms with Crippen LogP contribution in [0, 0.1) is 0 Å². The van der Waals surface area contributed by atoms with E-state index in [4.69, 9.17) is 4.74 Å². The molecule has 0 spiro atoms. The Labute approximate surface area is 149 Å². The van der Waals surface area contributed by atoms with Crippen LogP contribution in [-0.4, -0.2) is 25.9 Å². The number of carbonyl (C=O) groups excluding carboxylic acids is 1. The Kier molecular flexibility index (Phi) is 4.08. The van der Waals surface area contributed by atoms with Gasteiger partial charge in [0.05, 0.1) is 5.39 Å². The summed E-state index contributed by atoms with van der Waals surface area (Å²) in [4.78, 5) is 28.7. The standard InChI is InChI=1S/C16H10N4O3S2/c21-15-11-3-1-2-4-12(11)18-19-20(15)9-23-16(22)13-8-25-14(17-13)10-5-6-24-7-10/h1-8H,9H2. The van der Waals surface area contributed by atoms with Crippen LogP contribution in [-0.2, 0) is 11.5 Å². The Hall–Kier alpha value is -2.91. The molecule has 4 rings (SSSR count). The lowest BCUT2D eigenvalue weighted by atomic mass is 10.2. The Morgan fingerprint density at radius 2 is 2.08 bits per heavy atom. The van der Waals surface area contributed by atoms with E-state index in [1.54, 1.807) is 41.0 Å². The molecule has 0 saturated carbocycles. The maximum atomic E-state index is 12.3. The van der Waals surface area contributed by atoms with E-state index < -0.39 is 5.97 Å². The largest absolute Gasteiger partial charge is 0.437 e. The summed E-state index contributed by atoms with van der Waals surface area (Å²) >= 11 is 2.92. The van der Waals surface area contributed by atoms with Gasteiger partial charge in [0.2, 0.25) is 0 Å². The second-order valence-electron chi connectivity index (χ2n) is 5.02. The number of carbonyl (C=O) groups is 1. The number of thiazole rings is 1. The van der Waals surface area contributed by atoms with Gasteiger partial charge >= 0.3 is 5.97 Å². The molecular weight excluding hydrogens is 360 g/mol. The number of ether oxygens (including phenoxy) is 1. The van der Waals surface area contributed by atoms with Crippen molar-refractivity contribution in [1.29, 1.82) is 0 Å². The van der Waals surface area contributed by atoms with Gasteiger partial charge < -0.3 is 4.74 Å². The molecule has 0 unspecified atom stereocenters. The van der Waals surface area contributed by atoms with Crippen molar-refractivity contribution in [2.24, 2.45) is 0 Å². The number of nitrogens with zero attached hydrogens (tertiary/aromatic N) is 4. The zero-order valence-corrected chi connectivity index (χ0v) is 14.3. The molecule has 25 heavy (non-hydrogen) atoms. The molecule has 0 saturated heterocycles. The molecule has 3 aromatic heterocycles. The van der Waals surface area contributed by atoms with Crippen LogP contribution < -0.4 is 5.56 Å². The van der Waals surface area contributed by atoms with E-state index in [1.807, 2.05) is 16.8 Å². The third-order valence-corrected chi connectivity index (χ3v) is 5.00. The van der Waals surface area contributed by atoms with E-state index in [0.29, 0.717) is 10.9 Å². The summed E-state index contributed by atoms with van der Waals surface area (Å²) in [6.07, 6.45) is 0. The highest BCUT2D eigenvalue weighted by atomic mass is 32.1. The molecule has 7 nitrogen and oxygen atoms in total. The molecule has 0 aliphatic carbocycles. The lowest BCUT2D eigenvalue weighted by Crippen LogP contribution is -2.26. The van der Waals surface area contributed by atoms with Crippen molar-refractivity contribution >= 4 is 39.5 Å².